The first-order valence-corrected chi connectivity index (χ1v) is 6.33. The Kier molecular flexibility index (Phi) is 2.22. The molecule has 0 spiro atoms. The molecule has 2 aromatic rings. The topological polar surface area (TPSA) is 33.4 Å². The summed E-state index contributed by atoms with van der Waals surface area (Å²) in [7, 11) is 0. The zero-order chi connectivity index (χ0) is 12.2. The van der Waals surface area contributed by atoms with E-state index in [0.717, 1.165) is 29.4 Å². The number of hydrogen-bond acceptors (Lipinski definition) is 2. The molecule has 0 saturated carbocycles. The van der Waals surface area contributed by atoms with Crippen molar-refractivity contribution in [3.63, 3.8) is 0 Å². The highest BCUT2D eigenvalue weighted by Crippen LogP contribution is 2.44. The van der Waals surface area contributed by atoms with Crippen molar-refractivity contribution >= 4 is 11.0 Å². The first kappa shape index (κ1) is 10.7. The summed E-state index contributed by atoms with van der Waals surface area (Å²) in [5.74, 6) is 0.920. The normalized spacial score (nSPS) is 19.6. The zero-order valence-corrected chi connectivity index (χ0v) is 10.6. The van der Waals surface area contributed by atoms with Gasteiger partial charge in [0.25, 0.3) is 0 Å². The van der Waals surface area contributed by atoms with Gasteiger partial charge in [-0.25, -0.2) is 0 Å². The van der Waals surface area contributed by atoms with E-state index in [-0.39, 0.29) is 0 Å². The number of fused-ring (bicyclic) bond motifs is 2. The largest absolute Gasteiger partial charge is 0.504 e. The maximum atomic E-state index is 10.4. The van der Waals surface area contributed by atoms with E-state index in [1.807, 2.05) is 6.92 Å². The smallest absolute Gasteiger partial charge is 0.176 e. The van der Waals surface area contributed by atoms with Crippen LogP contribution in [0.4, 0.5) is 0 Å². The quantitative estimate of drug-likeness (QED) is 0.736. The van der Waals surface area contributed by atoms with Crippen LogP contribution in [0.1, 0.15) is 47.9 Å². The lowest BCUT2D eigenvalue weighted by atomic mass is 9.79. The molecule has 2 heteroatoms. The van der Waals surface area contributed by atoms with Gasteiger partial charge in [0.2, 0.25) is 0 Å². The molecule has 1 aliphatic carbocycles. The molecule has 0 unspecified atom stereocenters. The van der Waals surface area contributed by atoms with E-state index in [4.69, 9.17) is 4.42 Å². The average molecular weight is 230 g/mol. The van der Waals surface area contributed by atoms with Gasteiger partial charge in [-0.05, 0) is 55.7 Å². The Morgan fingerprint density at radius 2 is 2.12 bits per heavy atom. The minimum Gasteiger partial charge on any atom is -0.504 e. The van der Waals surface area contributed by atoms with E-state index in [2.05, 4.69) is 13.8 Å². The zero-order valence-electron chi connectivity index (χ0n) is 10.6. The minimum atomic E-state index is 0.375. The third-order valence-electron chi connectivity index (χ3n) is 4.14. The summed E-state index contributed by atoms with van der Waals surface area (Å²) in [6, 6.07) is 0. The third kappa shape index (κ3) is 1.33. The first-order chi connectivity index (χ1) is 8.11. The van der Waals surface area contributed by atoms with Gasteiger partial charge in [0, 0.05) is 10.9 Å². The number of phenolic OH excluding ortho intramolecular Hbond substituents is 1. The Labute approximate surface area is 101 Å². The summed E-state index contributed by atoms with van der Waals surface area (Å²) in [6.45, 7) is 6.45. The number of aryl methyl sites for hydroxylation is 2. The highest BCUT2D eigenvalue weighted by molar-refractivity contribution is 5.91. The predicted molar refractivity (Wildman–Crippen MR) is 68.7 cm³/mol. The van der Waals surface area contributed by atoms with Gasteiger partial charge in [-0.3, -0.25) is 0 Å². The second-order valence-electron chi connectivity index (χ2n) is 5.28. The van der Waals surface area contributed by atoms with E-state index < -0.39 is 0 Å². The molecule has 1 aliphatic rings. The van der Waals surface area contributed by atoms with Gasteiger partial charge in [0.15, 0.2) is 11.3 Å². The van der Waals surface area contributed by atoms with Crippen molar-refractivity contribution in [3.05, 3.63) is 28.5 Å². The fraction of sp³-hybridized carbons (Fsp3) is 0.467. The van der Waals surface area contributed by atoms with Crippen molar-refractivity contribution in [2.75, 3.05) is 0 Å². The van der Waals surface area contributed by atoms with Crippen molar-refractivity contribution in [1.29, 1.82) is 0 Å². The van der Waals surface area contributed by atoms with E-state index >= 15 is 0 Å². The number of furan rings is 1. The molecule has 17 heavy (non-hydrogen) atoms. The first-order valence-electron chi connectivity index (χ1n) is 6.33. The van der Waals surface area contributed by atoms with Crippen LogP contribution < -0.4 is 0 Å². The number of phenols is 1. The molecule has 0 radical (unpaired) electrons. The summed E-state index contributed by atoms with van der Waals surface area (Å²) in [5, 5.41) is 11.5. The van der Waals surface area contributed by atoms with Crippen LogP contribution in [-0.4, -0.2) is 5.11 Å². The Morgan fingerprint density at radius 1 is 1.35 bits per heavy atom. The van der Waals surface area contributed by atoms with Gasteiger partial charge in [-0.1, -0.05) is 6.92 Å². The second-order valence-corrected chi connectivity index (χ2v) is 5.28. The molecule has 1 aromatic carbocycles. The minimum absolute atomic E-state index is 0.375. The molecule has 0 bridgehead atoms. The van der Waals surface area contributed by atoms with Crippen LogP contribution in [0.2, 0.25) is 0 Å². The number of benzene rings is 1. The molecule has 0 amide bonds. The molecule has 1 atom stereocenters. The van der Waals surface area contributed by atoms with Crippen molar-refractivity contribution in [2.24, 2.45) is 0 Å². The van der Waals surface area contributed by atoms with Gasteiger partial charge in [0.1, 0.15) is 0 Å². The number of hydrogen-bond donors (Lipinski definition) is 1. The highest BCUT2D eigenvalue weighted by atomic mass is 16.3. The number of aromatic hydroxyl groups is 1. The van der Waals surface area contributed by atoms with Crippen LogP contribution in [0, 0.1) is 13.8 Å². The summed E-state index contributed by atoms with van der Waals surface area (Å²) in [5.41, 5.74) is 5.56. The van der Waals surface area contributed by atoms with Crippen molar-refractivity contribution in [1.82, 2.24) is 0 Å². The van der Waals surface area contributed by atoms with Crippen LogP contribution in [0.3, 0.4) is 0 Å². The van der Waals surface area contributed by atoms with Crippen LogP contribution in [0.25, 0.3) is 11.0 Å². The Morgan fingerprint density at radius 3 is 2.88 bits per heavy atom. The Balaban J connectivity index is 2.46. The third-order valence-corrected chi connectivity index (χ3v) is 4.14. The van der Waals surface area contributed by atoms with Crippen LogP contribution in [0.15, 0.2) is 10.7 Å². The van der Waals surface area contributed by atoms with E-state index in [0.29, 0.717) is 17.3 Å². The Bertz CT molecular complexity index is 593. The fourth-order valence-electron chi connectivity index (χ4n) is 3.36. The lowest BCUT2D eigenvalue weighted by molar-refractivity contribution is 0.448. The van der Waals surface area contributed by atoms with Gasteiger partial charge >= 0.3 is 0 Å². The van der Waals surface area contributed by atoms with Crippen LogP contribution in [0.5, 0.6) is 5.75 Å². The molecule has 0 fully saturated rings. The standard InChI is InChI=1S/C15H18O2/c1-8-5-4-6-11-12(8)10(3)13-9(2)7-17-15(13)14(11)16/h7-8,16H,4-6H2,1-3H3/t8-/m0/s1. The van der Waals surface area contributed by atoms with Gasteiger partial charge < -0.3 is 9.52 Å². The van der Waals surface area contributed by atoms with Crippen LogP contribution in [-0.2, 0) is 6.42 Å². The molecule has 90 valence electrons. The summed E-state index contributed by atoms with van der Waals surface area (Å²) < 4.78 is 5.51. The molecular weight excluding hydrogens is 212 g/mol. The molecule has 2 nitrogen and oxygen atoms in total. The van der Waals surface area contributed by atoms with Crippen LogP contribution >= 0.6 is 0 Å². The summed E-state index contributed by atoms with van der Waals surface area (Å²) in [4.78, 5) is 0. The SMILES string of the molecule is Cc1coc2c(O)c3c(c(C)c12)[C@@H](C)CCC3. The second kappa shape index (κ2) is 3.52. The average Bonchev–Trinajstić information content (AvgIpc) is 2.68. The molecule has 0 saturated heterocycles. The molecule has 1 aromatic heterocycles. The maximum absolute atomic E-state index is 10.4. The molecule has 1 heterocycles. The monoisotopic (exact) mass is 230 g/mol. The molecular formula is C15H18O2. The Hall–Kier alpha value is -1.44. The van der Waals surface area contributed by atoms with Crippen molar-refractivity contribution < 1.29 is 9.52 Å². The van der Waals surface area contributed by atoms with Gasteiger partial charge in [-0.2, -0.15) is 0 Å². The lowest BCUT2D eigenvalue weighted by Crippen LogP contribution is -2.09. The predicted octanol–water partition coefficient (Wildman–Crippen LogP) is 4.20. The summed E-state index contributed by atoms with van der Waals surface area (Å²) in [6.07, 6.45) is 5.09. The molecule has 3 rings (SSSR count). The summed E-state index contributed by atoms with van der Waals surface area (Å²) >= 11 is 0. The van der Waals surface area contributed by atoms with Crippen molar-refractivity contribution in [3.8, 4) is 5.75 Å². The maximum Gasteiger partial charge on any atom is 0.176 e. The molecule has 0 aliphatic heterocycles. The van der Waals surface area contributed by atoms with E-state index in [1.165, 1.54) is 17.5 Å². The highest BCUT2D eigenvalue weighted by Gasteiger charge is 2.26. The number of rotatable bonds is 0. The lowest BCUT2D eigenvalue weighted by Gasteiger charge is -2.25. The fourth-order valence-corrected chi connectivity index (χ4v) is 3.36. The van der Waals surface area contributed by atoms with Gasteiger partial charge in [-0.15, -0.1) is 0 Å². The van der Waals surface area contributed by atoms with Gasteiger partial charge in [0.05, 0.1) is 6.26 Å². The van der Waals surface area contributed by atoms with E-state index in [9.17, 15) is 5.11 Å². The van der Waals surface area contributed by atoms with E-state index in [1.54, 1.807) is 6.26 Å². The van der Waals surface area contributed by atoms with Crippen molar-refractivity contribution in [2.45, 2.75) is 46.0 Å². The molecule has 1 N–H and O–H groups in total.